The van der Waals surface area contributed by atoms with Crippen molar-refractivity contribution in [3.05, 3.63) is 30.9 Å². The van der Waals surface area contributed by atoms with Crippen molar-refractivity contribution in [3.8, 4) is 11.5 Å². The van der Waals surface area contributed by atoms with Crippen LogP contribution in [-0.2, 0) is 6.54 Å². The van der Waals surface area contributed by atoms with E-state index in [-0.39, 0.29) is 0 Å². The summed E-state index contributed by atoms with van der Waals surface area (Å²) in [6.45, 7) is 3.18. The Morgan fingerprint density at radius 1 is 1.36 bits per heavy atom. The predicted molar refractivity (Wildman–Crippen MR) is 50.2 cm³/mol. The van der Waals surface area contributed by atoms with E-state index in [1.807, 2.05) is 24.5 Å². The Bertz CT molecular complexity index is 380. The molecule has 4 nitrogen and oxygen atoms in total. The zero-order chi connectivity index (χ0) is 9.80. The van der Waals surface area contributed by atoms with E-state index < -0.39 is 0 Å². The number of hydrogen-bond donors (Lipinski definition) is 0. The molecule has 4 heteroatoms. The minimum atomic E-state index is 0.564. The van der Waals surface area contributed by atoms with Gasteiger partial charge in [0.2, 0.25) is 0 Å². The molecular weight excluding hydrogens is 178 g/mol. The first kappa shape index (κ1) is 8.87. The van der Waals surface area contributed by atoms with Crippen molar-refractivity contribution in [2.75, 3.05) is 0 Å². The Hall–Kier alpha value is -1.71. The fourth-order valence-corrected chi connectivity index (χ4v) is 1.31. The summed E-state index contributed by atoms with van der Waals surface area (Å²) in [4.78, 5) is 3.98. The fourth-order valence-electron chi connectivity index (χ4n) is 1.31. The summed E-state index contributed by atoms with van der Waals surface area (Å²) in [6, 6.07) is 3.95. The smallest absolute Gasteiger partial charge is 0.258 e. The van der Waals surface area contributed by atoms with Crippen LogP contribution in [0.2, 0.25) is 0 Å². The van der Waals surface area contributed by atoms with E-state index in [4.69, 9.17) is 4.52 Å². The Morgan fingerprint density at radius 3 is 2.71 bits per heavy atom. The molecule has 0 atom stereocenters. The summed E-state index contributed by atoms with van der Waals surface area (Å²) >= 11 is 0. The van der Waals surface area contributed by atoms with Gasteiger partial charge in [-0.25, -0.2) is 4.57 Å². The fraction of sp³-hybridized carbons (Fsp3) is 0.300. The van der Waals surface area contributed by atoms with Crippen molar-refractivity contribution < 1.29 is 9.09 Å². The first-order valence-electron chi connectivity index (χ1n) is 4.66. The number of aryl methyl sites for hydroxylation is 1. The molecule has 0 saturated carbocycles. The molecule has 0 N–H and O–H groups in total. The second-order valence-corrected chi connectivity index (χ2v) is 3.07. The monoisotopic (exact) mass is 190 g/mol. The highest BCUT2D eigenvalue weighted by Crippen LogP contribution is 2.12. The average molecular weight is 190 g/mol. The van der Waals surface area contributed by atoms with Crippen LogP contribution < -0.4 is 4.57 Å². The van der Waals surface area contributed by atoms with Crippen LogP contribution in [0, 0.1) is 0 Å². The third-order valence-corrected chi connectivity index (χ3v) is 1.98. The highest BCUT2D eigenvalue weighted by Gasteiger charge is 2.05. The summed E-state index contributed by atoms with van der Waals surface area (Å²) in [5, 5.41) is 3.56. The molecule has 2 aromatic heterocycles. The van der Waals surface area contributed by atoms with E-state index in [0.717, 1.165) is 18.5 Å². The van der Waals surface area contributed by atoms with Crippen molar-refractivity contribution in [1.82, 2.24) is 10.1 Å². The second-order valence-electron chi connectivity index (χ2n) is 3.07. The van der Waals surface area contributed by atoms with Gasteiger partial charge < -0.3 is 4.52 Å². The number of nitrogens with zero attached hydrogens (tertiary/aromatic N) is 3. The average Bonchev–Trinajstić information content (AvgIpc) is 2.72. The predicted octanol–water partition coefficient (Wildman–Crippen LogP) is 1.43. The molecule has 2 rings (SSSR count). The van der Waals surface area contributed by atoms with Crippen molar-refractivity contribution in [3.63, 3.8) is 0 Å². The standard InChI is InChI=1S/C10H12N3O/c1-2-5-13-6-3-9(4-7-13)10-11-8-12-14-10/h3-4,6-8H,2,5H2,1H3/q+1. The molecule has 2 heterocycles. The first-order chi connectivity index (χ1) is 6.90. The molecule has 0 aliphatic carbocycles. The molecule has 0 bridgehead atoms. The van der Waals surface area contributed by atoms with Gasteiger partial charge in [0.25, 0.3) is 5.89 Å². The number of pyridine rings is 1. The van der Waals surface area contributed by atoms with E-state index in [2.05, 4.69) is 21.6 Å². The summed E-state index contributed by atoms with van der Waals surface area (Å²) in [6.07, 6.45) is 6.57. The van der Waals surface area contributed by atoms with Crippen LogP contribution in [0.5, 0.6) is 0 Å². The summed E-state index contributed by atoms with van der Waals surface area (Å²) in [5.74, 6) is 0.564. The lowest BCUT2D eigenvalue weighted by molar-refractivity contribution is -0.696. The van der Waals surface area contributed by atoms with Crippen LogP contribution in [0.1, 0.15) is 13.3 Å². The molecule has 0 fully saturated rings. The Kier molecular flexibility index (Phi) is 2.53. The molecule has 0 radical (unpaired) electrons. The number of aromatic nitrogens is 3. The molecule has 0 saturated heterocycles. The van der Waals surface area contributed by atoms with Gasteiger partial charge in [-0.1, -0.05) is 12.1 Å². The highest BCUT2D eigenvalue weighted by molar-refractivity contribution is 5.49. The SMILES string of the molecule is CCC[n+]1ccc(-c2ncno2)cc1. The van der Waals surface area contributed by atoms with Crippen LogP contribution >= 0.6 is 0 Å². The molecule has 0 spiro atoms. The largest absolute Gasteiger partial charge is 0.334 e. The van der Waals surface area contributed by atoms with Gasteiger partial charge in [0, 0.05) is 18.6 Å². The minimum absolute atomic E-state index is 0.564. The zero-order valence-electron chi connectivity index (χ0n) is 8.05. The van der Waals surface area contributed by atoms with E-state index in [1.165, 1.54) is 6.33 Å². The lowest BCUT2D eigenvalue weighted by atomic mass is 10.2. The van der Waals surface area contributed by atoms with Crippen LogP contribution in [-0.4, -0.2) is 10.1 Å². The maximum atomic E-state index is 4.95. The molecule has 0 aromatic carbocycles. The minimum Gasteiger partial charge on any atom is -0.334 e. The normalized spacial score (nSPS) is 10.4. The molecule has 2 aromatic rings. The van der Waals surface area contributed by atoms with Crippen LogP contribution in [0.15, 0.2) is 35.4 Å². The Labute approximate surface area is 82.2 Å². The molecule has 0 aliphatic heterocycles. The lowest BCUT2D eigenvalue weighted by Gasteiger charge is -1.94. The number of rotatable bonds is 3. The van der Waals surface area contributed by atoms with Crippen molar-refractivity contribution >= 4 is 0 Å². The van der Waals surface area contributed by atoms with Crippen LogP contribution in [0.25, 0.3) is 11.5 Å². The molecule has 14 heavy (non-hydrogen) atoms. The van der Waals surface area contributed by atoms with Gasteiger partial charge in [-0.15, -0.1) is 0 Å². The Balaban J connectivity index is 2.22. The Morgan fingerprint density at radius 2 is 2.14 bits per heavy atom. The lowest BCUT2D eigenvalue weighted by Crippen LogP contribution is -2.31. The third kappa shape index (κ3) is 1.79. The molecular formula is C10H12N3O+. The van der Waals surface area contributed by atoms with E-state index in [9.17, 15) is 0 Å². The first-order valence-corrected chi connectivity index (χ1v) is 4.66. The van der Waals surface area contributed by atoms with Crippen molar-refractivity contribution in [2.24, 2.45) is 0 Å². The third-order valence-electron chi connectivity index (χ3n) is 1.98. The summed E-state index contributed by atoms with van der Waals surface area (Å²) in [5.41, 5.74) is 0.954. The van der Waals surface area contributed by atoms with Crippen molar-refractivity contribution in [2.45, 2.75) is 19.9 Å². The summed E-state index contributed by atoms with van der Waals surface area (Å²) < 4.78 is 7.07. The summed E-state index contributed by atoms with van der Waals surface area (Å²) in [7, 11) is 0. The quantitative estimate of drug-likeness (QED) is 0.688. The topological polar surface area (TPSA) is 42.8 Å². The van der Waals surface area contributed by atoms with E-state index >= 15 is 0 Å². The van der Waals surface area contributed by atoms with Gasteiger partial charge >= 0.3 is 0 Å². The molecule has 72 valence electrons. The molecule has 0 aliphatic rings. The van der Waals surface area contributed by atoms with Crippen molar-refractivity contribution in [1.29, 1.82) is 0 Å². The zero-order valence-corrected chi connectivity index (χ0v) is 8.05. The highest BCUT2D eigenvalue weighted by atomic mass is 16.5. The van der Waals surface area contributed by atoms with Crippen LogP contribution in [0.4, 0.5) is 0 Å². The number of hydrogen-bond acceptors (Lipinski definition) is 3. The second kappa shape index (κ2) is 4.00. The maximum Gasteiger partial charge on any atom is 0.258 e. The van der Waals surface area contributed by atoms with E-state index in [0.29, 0.717) is 5.89 Å². The van der Waals surface area contributed by atoms with Gasteiger partial charge in [0.15, 0.2) is 18.7 Å². The van der Waals surface area contributed by atoms with Gasteiger partial charge in [0.1, 0.15) is 6.54 Å². The van der Waals surface area contributed by atoms with Gasteiger partial charge in [-0.3, -0.25) is 0 Å². The van der Waals surface area contributed by atoms with Crippen LogP contribution in [0.3, 0.4) is 0 Å². The van der Waals surface area contributed by atoms with Gasteiger partial charge in [-0.2, -0.15) is 4.98 Å². The van der Waals surface area contributed by atoms with E-state index in [1.54, 1.807) is 0 Å². The van der Waals surface area contributed by atoms with Gasteiger partial charge in [-0.05, 0) is 0 Å². The van der Waals surface area contributed by atoms with Gasteiger partial charge in [0.05, 0.1) is 5.56 Å². The molecule has 0 amide bonds. The maximum absolute atomic E-state index is 4.95. The molecule has 0 unspecified atom stereocenters.